The maximum Gasteiger partial charge on any atom is 0.164 e. The van der Waals surface area contributed by atoms with Crippen LogP contribution in [0.1, 0.15) is 51.8 Å². The summed E-state index contributed by atoms with van der Waals surface area (Å²) >= 11 is 0. The number of hydrogen-bond acceptors (Lipinski definition) is 4. The van der Waals surface area contributed by atoms with Crippen LogP contribution in [0.15, 0.2) is 182 Å². The third kappa shape index (κ3) is 4.24. The van der Waals surface area contributed by atoms with Gasteiger partial charge in [-0.15, -0.1) is 0 Å². The molecule has 2 aromatic heterocycles. The molecule has 0 saturated heterocycles. The predicted molar refractivity (Wildman–Crippen MR) is 231 cm³/mol. The van der Waals surface area contributed by atoms with Crippen molar-refractivity contribution in [2.24, 2.45) is 0 Å². The number of rotatable bonds is 4. The fourth-order valence-electron chi connectivity index (χ4n) is 10.7. The second kappa shape index (κ2) is 11.9. The molecule has 0 N–H and O–H groups in total. The second-order valence-corrected chi connectivity index (χ2v) is 16.0. The summed E-state index contributed by atoms with van der Waals surface area (Å²) < 4.78 is 0. The van der Waals surface area contributed by atoms with Gasteiger partial charge < -0.3 is 0 Å². The Balaban J connectivity index is 1.06. The highest BCUT2D eigenvalue weighted by molar-refractivity contribution is 6.02. The van der Waals surface area contributed by atoms with Crippen LogP contribution >= 0.6 is 0 Å². The first-order valence-corrected chi connectivity index (χ1v) is 20.2. The van der Waals surface area contributed by atoms with Gasteiger partial charge in [0.2, 0.25) is 0 Å². The SMILES string of the molecule is c1ccc(-c2nc(-c3ccccc3-c3ccccc3)nc(-c3cccc4c3C3CC3c3ccc5c(c3-4)-c3cccnc3C53c4ccccc4-c4ccccc43)n2)cc1. The molecule has 1 saturated carbocycles. The largest absolute Gasteiger partial charge is 0.259 e. The summed E-state index contributed by atoms with van der Waals surface area (Å²) in [5, 5.41) is 0. The minimum Gasteiger partial charge on any atom is -0.259 e. The number of nitrogens with zero attached hydrogens (tertiary/aromatic N) is 4. The quantitative estimate of drug-likeness (QED) is 0.180. The Bertz CT molecular complexity index is 3120. The summed E-state index contributed by atoms with van der Waals surface area (Å²) in [4.78, 5) is 21.2. The van der Waals surface area contributed by atoms with E-state index in [-0.39, 0.29) is 0 Å². The molecule has 270 valence electrons. The maximum absolute atomic E-state index is 5.39. The highest BCUT2D eigenvalue weighted by Gasteiger charge is 2.55. The van der Waals surface area contributed by atoms with Crippen LogP contribution in [-0.4, -0.2) is 19.9 Å². The predicted octanol–water partition coefficient (Wildman–Crippen LogP) is 12.5. The first-order valence-electron chi connectivity index (χ1n) is 20.2. The molecule has 0 bridgehead atoms. The van der Waals surface area contributed by atoms with Crippen molar-refractivity contribution in [2.75, 3.05) is 0 Å². The van der Waals surface area contributed by atoms with Crippen molar-refractivity contribution < 1.29 is 0 Å². The molecule has 1 spiro atoms. The molecule has 2 heterocycles. The molecule has 4 nitrogen and oxygen atoms in total. The molecule has 0 radical (unpaired) electrons. The summed E-state index contributed by atoms with van der Waals surface area (Å²) in [6.07, 6.45) is 3.08. The van der Waals surface area contributed by atoms with E-state index in [0.717, 1.165) is 39.9 Å². The summed E-state index contributed by atoms with van der Waals surface area (Å²) in [5.41, 5.74) is 20.4. The fraction of sp³-hybridized carbons (Fsp3) is 0.0741. The summed E-state index contributed by atoms with van der Waals surface area (Å²) in [6, 6.07) is 63.3. The molecule has 4 aliphatic rings. The van der Waals surface area contributed by atoms with E-state index in [9.17, 15) is 0 Å². The lowest BCUT2D eigenvalue weighted by atomic mass is 9.71. The van der Waals surface area contributed by atoms with Gasteiger partial charge in [0.15, 0.2) is 17.5 Å². The Labute approximate surface area is 336 Å². The molecule has 58 heavy (non-hydrogen) atoms. The van der Waals surface area contributed by atoms with Crippen molar-refractivity contribution in [3.8, 4) is 78.7 Å². The molecule has 2 unspecified atom stereocenters. The minimum absolute atomic E-state index is 0.394. The Morgan fingerprint density at radius 2 is 0.948 bits per heavy atom. The van der Waals surface area contributed by atoms with Gasteiger partial charge in [0, 0.05) is 28.5 Å². The standard InChI is InChI=1S/C54H34N4/c1-3-15-32(16-4-1)34-19-7-8-22-38(34)52-56-51(33-17-5-2-6-18-33)57-53(58-52)41-24-13-23-39-47(41)43-31-42(43)37-28-29-46-49(48(37)39)40-25-14-30-55-50(40)54(46)44-26-11-9-20-35(44)36-21-10-12-27-45(36)54/h1-30,42-43H,31H2. The van der Waals surface area contributed by atoms with Crippen LogP contribution in [0.25, 0.3) is 78.7 Å². The van der Waals surface area contributed by atoms with Crippen LogP contribution in [0, 0.1) is 0 Å². The Morgan fingerprint density at radius 1 is 0.379 bits per heavy atom. The average Bonchev–Trinajstić information content (AvgIpc) is 3.99. The van der Waals surface area contributed by atoms with Gasteiger partial charge in [-0.1, -0.05) is 170 Å². The molecule has 1 fully saturated rings. The Hall–Kier alpha value is -7.30. The molecule has 4 heteroatoms. The van der Waals surface area contributed by atoms with Crippen LogP contribution < -0.4 is 0 Å². The molecular weight excluding hydrogens is 705 g/mol. The molecule has 0 aliphatic heterocycles. The summed E-state index contributed by atoms with van der Waals surface area (Å²) in [7, 11) is 0. The van der Waals surface area contributed by atoms with Gasteiger partial charge in [-0.3, -0.25) is 4.98 Å². The van der Waals surface area contributed by atoms with E-state index in [1.807, 2.05) is 24.4 Å². The van der Waals surface area contributed by atoms with E-state index in [2.05, 4.69) is 158 Å². The summed E-state index contributed by atoms with van der Waals surface area (Å²) in [6.45, 7) is 0. The van der Waals surface area contributed by atoms with Crippen molar-refractivity contribution in [1.29, 1.82) is 0 Å². The third-order valence-corrected chi connectivity index (χ3v) is 13.1. The zero-order chi connectivity index (χ0) is 38.0. The first-order chi connectivity index (χ1) is 28.8. The number of hydrogen-bond donors (Lipinski definition) is 0. The molecule has 13 rings (SSSR count). The van der Waals surface area contributed by atoms with Gasteiger partial charge in [0.05, 0.1) is 11.1 Å². The number of fused-ring (bicyclic) bond motifs is 17. The normalized spacial score (nSPS) is 16.7. The maximum atomic E-state index is 5.39. The van der Waals surface area contributed by atoms with Gasteiger partial charge in [-0.2, -0.15) is 0 Å². The molecule has 0 amide bonds. The smallest absolute Gasteiger partial charge is 0.164 e. The van der Waals surface area contributed by atoms with E-state index in [0.29, 0.717) is 29.3 Å². The topological polar surface area (TPSA) is 51.6 Å². The lowest BCUT2D eigenvalue weighted by Crippen LogP contribution is -2.27. The van der Waals surface area contributed by atoms with Crippen molar-refractivity contribution in [1.82, 2.24) is 19.9 Å². The number of pyridine rings is 1. The van der Waals surface area contributed by atoms with Crippen LogP contribution in [-0.2, 0) is 5.41 Å². The van der Waals surface area contributed by atoms with Crippen LogP contribution in [0.2, 0.25) is 0 Å². The molecule has 4 aliphatic carbocycles. The van der Waals surface area contributed by atoms with Crippen molar-refractivity contribution >= 4 is 0 Å². The monoisotopic (exact) mass is 738 g/mol. The van der Waals surface area contributed by atoms with Crippen molar-refractivity contribution in [3.05, 3.63) is 216 Å². The Morgan fingerprint density at radius 3 is 1.69 bits per heavy atom. The highest BCUT2D eigenvalue weighted by Crippen LogP contribution is 2.69. The third-order valence-electron chi connectivity index (χ3n) is 13.1. The molecule has 7 aromatic carbocycles. The Kier molecular flexibility index (Phi) is 6.51. The van der Waals surface area contributed by atoms with E-state index >= 15 is 0 Å². The molecule has 2 atom stereocenters. The average molecular weight is 739 g/mol. The van der Waals surface area contributed by atoms with Gasteiger partial charge in [0.1, 0.15) is 0 Å². The van der Waals surface area contributed by atoms with Gasteiger partial charge in [-0.05, 0) is 91.1 Å². The fourth-order valence-corrected chi connectivity index (χ4v) is 10.7. The minimum atomic E-state index is -0.494. The van der Waals surface area contributed by atoms with E-state index in [1.165, 1.54) is 61.2 Å². The van der Waals surface area contributed by atoms with E-state index < -0.39 is 5.41 Å². The highest BCUT2D eigenvalue weighted by atomic mass is 15.0. The first kappa shape index (κ1) is 31.9. The summed E-state index contributed by atoms with van der Waals surface area (Å²) in [5.74, 6) is 2.88. The van der Waals surface area contributed by atoms with Gasteiger partial charge in [-0.25, -0.2) is 15.0 Å². The van der Waals surface area contributed by atoms with Crippen molar-refractivity contribution in [3.63, 3.8) is 0 Å². The van der Waals surface area contributed by atoms with E-state index in [1.54, 1.807) is 0 Å². The molecule has 9 aromatic rings. The van der Waals surface area contributed by atoms with Crippen molar-refractivity contribution in [2.45, 2.75) is 23.7 Å². The number of aromatic nitrogens is 4. The molecular formula is C54H34N4. The lowest BCUT2D eigenvalue weighted by Gasteiger charge is -2.30. The zero-order valence-electron chi connectivity index (χ0n) is 31.5. The van der Waals surface area contributed by atoms with E-state index in [4.69, 9.17) is 19.9 Å². The zero-order valence-corrected chi connectivity index (χ0v) is 31.5. The van der Waals surface area contributed by atoms with Gasteiger partial charge >= 0.3 is 0 Å². The van der Waals surface area contributed by atoms with Crippen LogP contribution in [0.3, 0.4) is 0 Å². The lowest BCUT2D eigenvalue weighted by molar-refractivity contribution is 0.760. The number of benzene rings is 7. The second-order valence-electron chi connectivity index (χ2n) is 16.0. The van der Waals surface area contributed by atoms with Crippen LogP contribution in [0.4, 0.5) is 0 Å². The van der Waals surface area contributed by atoms with Crippen LogP contribution in [0.5, 0.6) is 0 Å². The van der Waals surface area contributed by atoms with Gasteiger partial charge in [0.25, 0.3) is 0 Å².